The van der Waals surface area contributed by atoms with E-state index in [2.05, 4.69) is 13.8 Å². The van der Waals surface area contributed by atoms with E-state index in [-0.39, 0.29) is 29.6 Å². The molecule has 208 valence electrons. The molecule has 3 aromatic rings. The number of non-ortho nitro benzene ring substituents is 1. The van der Waals surface area contributed by atoms with Crippen LogP contribution >= 0.6 is 0 Å². The van der Waals surface area contributed by atoms with Crippen LogP contribution in [0.1, 0.15) is 76.0 Å². The molecule has 1 aliphatic rings. The second-order valence-electron chi connectivity index (χ2n) is 10.3. The van der Waals surface area contributed by atoms with Gasteiger partial charge in [0.15, 0.2) is 0 Å². The van der Waals surface area contributed by atoms with Crippen LogP contribution in [0.2, 0.25) is 0 Å². The van der Waals surface area contributed by atoms with E-state index in [0.29, 0.717) is 18.4 Å². The standard InChI is InChI=1S/C33H37N3O4/c1-3-4-5-6-10-17-32(37)34-25(2)24-31(29-15-11-12-16-30(29)34)35(27-13-8-7-9-14-27)33(38)23-20-26-18-21-28(22-19-26)36(39)40/h7-9,11-16,18-23,25,31H,3-6,10,17,24H2,1-2H3. The van der Waals surface area contributed by atoms with Crippen LogP contribution in [0.5, 0.6) is 0 Å². The third-order valence-electron chi connectivity index (χ3n) is 7.43. The summed E-state index contributed by atoms with van der Waals surface area (Å²) in [7, 11) is 0. The fourth-order valence-electron chi connectivity index (χ4n) is 5.41. The van der Waals surface area contributed by atoms with Gasteiger partial charge in [-0.1, -0.05) is 69.0 Å². The van der Waals surface area contributed by atoms with Crippen molar-refractivity contribution < 1.29 is 14.5 Å². The van der Waals surface area contributed by atoms with Crippen LogP contribution in [0.15, 0.2) is 84.9 Å². The van der Waals surface area contributed by atoms with Gasteiger partial charge in [0.2, 0.25) is 5.91 Å². The number of hydrogen-bond acceptors (Lipinski definition) is 4. The molecule has 3 aromatic carbocycles. The summed E-state index contributed by atoms with van der Waals surface area (Å²) >= 11 is 0. The molecule has 2 atom stereocenters. The molecule has 0 N–H and O–H groups in total. The zero-order chi connectivity index (χ0) is 28.5. The van der Waals surface area contributed by atoms with Gasteiger partial charge in [0.1, 0.15) is 0 Å². The zero-order valence-corrected chi connectivity index (χ0v) is 23.2. The lowest BCUT2D eigenvalue weighted by Gasteiger charge is -2.43. The second-order valence-corrected chi connectivity index (χ2v) is 10.3. The normalized spacial score (nSPS) is 16.5. The van der Waals surface area contributed by atoms with Gasteiger partial charge in [-0.15, -0.1) is 0 Å². The fourth-order valence-corrected chi connectivity index (χ4v) is 5.41. The zero-order valence-electron chi connectivity index (χ0n) is 23.2. The predicted octanol–water partition coefficient (Wildman–Crippen LogP) is 7.87. The van der Waals surface area contributed by atoms with Gasteiger partial charge in [0.25, 0.3) is 11.6 Å². The summed E-state index contributed by atoms with van der Waals surface area (Å²) in [5, 5.41) is 11.0. The van der Waals surface area contributed by atoms with Gasteiger partial charge in [0.05, 0.1) is 11.0 Å². The van der Waals surface area contributed by atoms with Gasteiger partial charge >= 0.3 is 0 Å². The summed E-state index contributed by atoms with van der Waals surface area (Å²) in [5.74, 6) is -0.0715. The molecule has 2 amide bonds. The number of para-hydroxylation sites is 2. The lowest BCUT2D eigenvalue weighted by Crippen LogP contribution is -2.47. The lowest BCUT2D eigenvalue weighted by atomic mass is 9.89. The van der Waals surface area contributed by atoms with Gasteiger partial charge in [-0.3, -0.25) is 19.7 Å². The number of unbranched alkanes of at least 4 members (excludes halogenated alkanes) is 4. The van der Waals surface area contributed by atoms with Crippen molar-refractivity contribution in [3.63, 3.8) is 0 Å². The maximum Gasteiger partial charge on any atom is 0.269 e. The average molecular weight is 540 g/mol. The third-order valence-corrected chi connectivity index (χ3v) is 7.43. The highest BCUT2D eigenvalue weighted by molar-refractivity contribution is 6.05. The van der Waals surface area contributed by atoms with E-state index in [9.17, 15) is 19.7 Å². The highest BCUT2D eigenvalue weighted by Crippen LogP contribution is 2.42. The minimum absolute atomic E-state index is 0.00208. The van der Waals surface area contributed by atoms with Crippen LogP contribution in [0.3, 0.4) is 0 Å². The molecular weight excluding hydrogens is 502 g/mol. The maximum absolute atomic E-state index is 13.8. The Hall–Kier alpha value is -4.26. The van der Waals surface area contributed by atoms with Crippen LogP contribution in [0.25, 0.3) is 6.08 Å². The van der Waals surface area contributed by atoms with Gasteiger partial charge in [-0.05, 0) is 67.3 Å². The molecule has 0 radical (unpaired) electrons. The van der Waals surface area contributed by atoms with Crippen molar-refractivity contribution in [2.45, 2.75) is 70.9 Å². The van der Waals surface area contributed by atoms with E-state index in [1.54, 1.807) is 23.1 Å². The van der Waals surface area contributed by atoms with E-state index < -0.39 is 4.92 Å². The molecule has 0 bridgehead atoms. The Morgan fingerprint density at radius 1 is 0.950 bits per heavy atom. The number of carbonyl (C=O) groups is 2. The number of hydrogen-bond donors (Lipinski definition) is 0. The number of carbonyl (C=O) groups excluding carboxylic acids is 2. The Labute approximate surface area is 236 Å². The second kappa shape index (κ2) is 13.7. The molecular formula is C33H37N3O4. The molecule has 0 aromatic heterocycles. The molecule has 0 aliphatic carbocycles. The predicted molar refractivity (Wildman–Crippen MR) is 160 cm³/mol. The minimum atomic E-state index is -0.446. The summed E-state index contributed by atoms with van der Waals surface area (Å²) in [6.45, 7) is 4.24. The van der Waals surface area contributed by atoms with Gasteiger partial charge in [-0.2, -0.15) is 0 Å². The van der Waals surface area contributed by atoms with Crippen molar-refractivity contribution in [1.82, 2.24) is 0 Å². The Kier molecular flexibility index (Phi) is 9.84. The molecule has 4 rings (SSSR count). The first-order valence-corrected chi connectivity index (χ1v) is 14.1. The number of rotatable bonds is 11. The third kappa shape index (κ3) is 6.84. The van der Waals surface area contributed by atoms with Crippen LogP contribution < -0.4 is 9.80 Å². The number of benzene rings is 3. The summed E-state index contributed by atoms with van der Waals surface area (Å²) in [6.07, 6.45) is 9.77. The number of nitro benzene ring substituents is 1. The first kappa shape index (κ1) is 28.7. The van der Waals surface area contributed by atoms with E-state index in [4.69, 9.17) is 0 Å². The monoisotopic (exact) mass is 539 g/mol. The maximum atomic E-state index is 13.8. The van der Waals surface area contributed by atoms with Crippen molar-refractivity contribution >= 4 is 35.0 Å². The molecule has 7 heteroatoms. The molecule has 0 saturated heterocycles. The van der Waals surface area contributed by atoms with Gasteiger partial charge in [0, 0.05) is 42.0 Å². The van der Waals surface area contributed by atoms with E-state index >= 15 is 0 Å². The Morgan fingerprint density at radius 2 is 1.62 bits per heavy atom. The number of anilines is 2. The van der Waals surface area contributed by atoms with Crippen molar-refractivity contribution in [3.8, 4) is 0 Å². The highest BCUT2D eigenvalue weighted by Gasteiger charge is 2.37. The fraction of sp³-hybridized carbons (Fsp3) is 0.333. The van der Waals surface area contributed by atoms with Crippen LogP contribution in [-0.4, -0.2) is 22.8 Å². The van der Waals surface area contributed by atoms with E-state index in [1.165, 1.54) is 31.1 Å². The first-order chi connectivity index (χ1) is 19.4. The van der Waals surface area contributed by atoms with Crippen LogP contribution in [0, 0.1) is 10.1 Å². The quantitative estimate of drug-likeness (QED) is 0.107. The molecule has 2 unspecified atom stereocenters. The number of amides is 2. The van der Waals surface area contributed by atoms with Gasteiger partial charge in [-0.25, -0.2) is 0 Å². The number of nitrogens with zero attached hydrogens (tertiary/aromatic N) is 3. The summed E-state index contributed by atoms with van der Waals surface area (Å²) < 4.78 is 0. The first-order valence-electron chi connectivity index (χ1n) is 14.1. The highest BCUT2D eigenvalue weighted by atomic mass is 16.6. The smallest absolute Gasteiger partial charge is 0.269 e. The van der Waals surface area contributed by atoms with Crippen molar-refractivity contribution in [1.29, 1.82) is 0 Å². The molecule has 40 heavy (non-hydrogen) atoms. The van der Waals surface area contributed by atoms with Crippen LogP contribution in [-0.2, 0) is 9.59 Å². The molecule has 0 spiro atoms. The topological polar surface area (TPSA) is 83.8 Å². The molecule has 1 heterocycles. The number of fused-ring (bicyclic) bond motifs is 1. The molecule has 1 aliphatic heterocycles. The number of nitro groups is 1. The van der Waals surface area contributed by atoms with Crippen molar-refractivity contribution in [3.05, 3.63) is 106 Å². The molecule has 0 saturated carbocycles. The van der Waals surface area contributed by atoms with Crippen LogP contribution in [0.4, 0.5) is 17.1 Å². The van der Waals surface area contributed by atoms with E-state index in [0.717, 1.165) is 36.2 Å². The lowest BCUT2D eigenvalue weighted by molar-refractivity contribution is -0.384. The largest absolute Gasteiger partial charge is 0.309 e. The Bertz CT molecular complexity index is 1340. The van der Waals surface area contributed by atoms with Crippen molar-refractivity contribution in [2.75, 3.05) is 9.80 Å². The Morgan fingerprint density at radius 3 is 2.33 bits per heavy atom. The average Bonchev–Trinajstić information content (AvgIpc) is 2.97. The Balaban J connectivity index is 1.62. The molecule has 0 fully saturated rings. The van der Waals surface area contributed by atoms with Gasteiger partial charge < -0.3 is 9.80 Å². The van der Waals surface area contributed by atoms with E-state index in [1.807, 2.05) is 59.5 Å². The summed E-state index contributed by atoms with van der Waals surface area (Å²) in [6, 6.07) is 23.2. The summed E-state index contributed by atoms with van der Waals surface area (Å²) in [4.78, 5) is 41.5. The SMILES string of the molecule is CCCCCCCC(=O)N1c2ccccc2C(N(C(=O)C=Cc2ccc([N+](=O)[O-])cc2)c2ccccc2)CC1C. The van der Waals surface area contributed by atoms with Crippen molar-refractivity contribution in [2.24, 2.45) is 0 Å². The summed E-state index contributed by atoms with van der Waals surface area (Å²) in [5.41, 5.74) is 3.27. The minimum Gasteiger partial charge on any atom is -0.309 e. The molecule has 7 nitrogen and oxygen atoms in total.